The highest BCUT2D eigenvalue weighted by atomic mass is 19.4. The van der Waals surface area contributed by atoms with E-state index in [4.69, 9.17) is 4.74 Å². The van der Waals surface area contributed by atoms with E-state index in [2.05, 4.69) is 6.07 Å². The van der Waals surface area contributed by atoms with Crippen LogP contribution in [0.2, 0.25) is 0 Å². The maximum atomic E-state index is 12.4. The van der Waals surface area contributed by atoms with Crippen molar-refractivity contribution in [3.8, 4) is 11.5 Å². The number of alkyl halides is 3. The Balaban J connectivity index is 1.64. The zero-order valence-corrected chi connectivity index (χ0v) is 15.6. The van der Waals surface area contributed by atoms with Crippen LogP contribution in [-0.2, 0) is 4.79 Å². The molecule has 0 bridgehead atoms. The second kappa shape index (κ2) is 7.63. The van der Waals surface area contributed by atoms with Gasteiger partial charge in [0, 0.05) is 16.3 Å². The van der Waals surface area contributed by atoms with Gasteiger partial charge in [0.05, 0.1) is 6.42 Å². The van der Waals surface area contributed by atoms with E-state index >= 15 is 0 Å². The predicted octanol–water partition coefficient (Wildman–Crippen LogP) is 6.49. The zero-order valence-electron chi connectivity index (χ0n) is 15.6. The molecule has 0 aliphatic rings. The number of ketones is 2. The Morgan fingerprint density at radius 2 is 1.30 bits per heavy atom. The molecule has 4 aromatic carbocycles. The largest absolute Gasteiger partial charge is 0.456 e. The Kier molecular flexibility index (Phi) is 4.99. The average molecular weight is 408 g/mol. The quantitative estimate of drug-likeness (QED) is 0.215. The fourth-order valence-corrected chi connectivity index (χ4v) is 3.26. The van der Waals surface area contributed by atoms with Crippen molar-refractivity contribution in [2.45, 2.75) is 12.6 Å². The van der Waals surface area contributed by atoms with Crippen LogP contribution in [-0.4, -0.2) is 17.7 Å². The number of Topliss-reactive ketones (excluding diaryl/α,β-unsaturated/α-hetero) is 2. The lowest BCUT2D eigenvalue weighted by Crippen LogP contribution is -2.25. The van der Waals surface area contributed by atoms with E-state index in [0.29, 0.717) is 11.5 Å². The van der Waals surface area contributed by atoms with Crippen molar-refractivity contribution in [1.29, 1.82) is 0 Å². The van der Waals surface area contributed by atoms with Crippen LogP contribution in [0.4, 0.5) is 13.2 Å². The van der Waals surface area contributed by atoms with E-state index < -0.39 is 24.2 Å². The summed E-state index contributed by atoms with van der Waals surface area (Å²) in [5.41, 5.74) is 0.0164. The van der Waals surface area contributed by atoms with Crippen molar-refractivity contribution in [1.82, 2.24) is 0 Å². The molecule has 3 nitrogen and oxygen atoms in total. The van der Waals surface area contributed by atoms with Gasteiger partial charge in [-0.15, -0.1) is 0 Å². The summed E-state index contributed by atoms with van der Waals surface area (Å²) in [5, 5.41) is 3.83. The smallest absolute Gasteiger partial charge is 0.450 e. The van der Waals surface area contributed by atoms with Crippen LogP contribution >= 0.6 is 0 Å². The van der Waals surface area contributed by atoms with Crippen molar-refractivity contribution in [3.63, 3.8) is 0 Å². The number of rotatable bonds is 5. The number of carbonyl (C=O) groups excluding carboxylic acids is 2. The maximum absolute atomic E-state index is 12.4. The van der Waals surface area contributed by atoms with Gasteiger partial charge in [-0.1, -0.05) is 48.5 Å². The lowest BCUT2D eigenvalue weighted by atomic mass is 10.0. The molecule has 0 spiro atoms. The fourth-order valence-electron chi connectivity index (χ4n) is 3.26. The van der Waals surface area contributed by atoms with Gasteiger partial charge in [0.15, 0.2) is 5.78 Å². The molecule has 150 valence electrons. The summed E-state index contributed by atoms with van der Waals surface area (Å²) >= 11 is 0. The number of hydrogen-bond donors (Lipinski definition) is 0. The van der Waals surface area contributed by atoms with Gasteiger partial charge in [-0.05, 0) is 41.1 Å². The van der Waals surface area contributed by atoms with Gasteiger partial charge in [0.1, 0.15) is 11.5 Å². The van der Waals surface area contributed by atoms with Gasteiger partial charge >= 0.3 is 6.18 Å². The molecular formula is C24H15F3O3. The second-order valence-corrected chi connectivity index (χ2v) is 6.80. The summed E-state index contributed by atoms with van der Waals surface area (Å²) in [7, 11) is 0. The third kappa shape index (κ3) is 3.89. The summed E-state index contributed by atoms with van der Waals surface area (Å²) in [6.07, 6.45) is -6.23. The molecule has 0 heterocycles. The highest BCUT2D eigenvalue weighted by Gasteiger charge is 2.39. The minimum atomic E-state index is -5.02. The van der Waals surface area contributed by atoms with Crippen LogP contribution in [0.1, 0.15) is 16.8 Å². The van der Waals surface area contributed by atoms with Crippen LogP contribution < -0.4 is 4.74 Å². The van der Waals surface area contributed by atoms with Gasteiger partial charge in [0.25, 0.3) is 0 Å². The number of ether oxygens (including phenoxy) is 1. The van der Waals surface area contributed by atoms with Crippen molar-refractivity contribution >= 4 is 33.1 Å². The van der Waals surface area contributed by atoms with Gasteiger partial charge in [-0.2, -0.15) is 13.2 Å². The molecule has 30 heavy (non-hydrogen) atoms. The van der Waals surface area contributed by atoms with E-state index in [9.17, 15) is 22.8 Å². The molecule has 0 saturated carbocycles. The Bertz CT molecular complexity index is 1200. The third-order valence-corrected chi connectivity index (χ3v) is 4.76. The molecule has 0 aliphatic carbocycles. The number of carbonyl (C=O) groups is 2. The number of fused-ring (bicyclic) bond motifs is 2. The topological polar surface area (TPSA) is 43.4 Å². The van der Waals surface area contributed by atoms with Gasteiger partial charge in [-0.25, -0.2) is 0 Å². The number of benzene rings is 4. The summed E-state index contributed by atoms with van der Waals surface area (Å²) in [5.74, 6) is -1.88. The molecule has 0 aromatic heterocycles. The van der Waals surface area contributed by atoms with Crippen LogP contribution in [0, 0.1) is 0 Å². The van der Waals surface area contributed by atoms with Crippen LogP contribution in [0.25, 0.3) is 21.5 Å². The minimum absolute atomic E-state index is 0.0164. The first-order valence-electron chi connectivity index (χ1n) is 9.14. The molecule has 0 N–H and O–H groups in total. The van der Waals surface area contributed by atoms with Crippen molar-refractivity contribution in [2.75, 3.05) is 0 Å². The molecule has 0 fully saturated rings. The lowest BCUT2D eigenvalue weighted by Gasteiger charge is -2.13. The molecule has 0 radical (unpaired) electrons. The van der Waals surface area contributed by atoms with E-state index in [1.54, 1.807) is 0 Å². The van der Waals surface area contributed by atoms with Crippen LogP contribution in [0.3, 0.4) is 0 Å². The monoisotopic (exact) mass is 408 g/mol. The summed E-state index contributed by atoms with van der Waals surface area (Å²) in [6.45, 7) is 0. The summed E-state index contributed by atoms with van der Waals surface area (Å²) in [6, 6.07) is 23.3. The van der Waals surface area contributed by atoms with E-state index in [-0.39, 0.29) is 5.56 Å². The van der Waals surface area contributed by atoms with Crippen LogP contribution in [0.15, 0.2) is 78.9 Å². The lowest BCUT2D eigenvalue weighted by molar-refractivity contribution is -0.170. The molecular weight excluding hydrogens is 393 g/mol. The van der Waals surface area contributed by atoms with E-state index in [0.717, 1.165) is 21.5 Å². The van der Waals surface area contributed by atoms with Crippen molar-refractivity contribution in [2.24, 2.45) is 0 Å². The van der Waals surface area contributed by atoms with Crippen LogP contribution in [0.5, 0.6) is 11.5 Å². The number of halogens is 3. The highest BCUT2D eigenvalue weighted by Crippen LogP contribution is 2.37. The van der Waals surface area contributed by atoms with Crippen molar-refractivity contribution in [3.05, 3.63) is 84.4 Å². The third-order valence-electron chi connectivity index (χ3n) is 4.76. The molecule has 4 aromatic rings. The summed E-state index contributed by atoms with van der Waals surface area (Å²) in [4.78, 5) is 23.0. The fraction of sp³-hybridized carbons (Fsp3) is 0.0833. The Hall–Kier alpha value is -3.67. The molecule has 0 atom stereocenters. The molecule has 0 unspecified atom stereocenters. The molecule has 0 saturated heterocycles. The van der Waals surface area contributed by atoms with E-state index in [1.165, 1.54) is 24.3 Å². The highest BCUT2D eigenvalue weighted by molar-refractivity contribution is 6.09. The minimum Gasteiger partial charge on any atom is -0.456 e. The standard InChI is InChI=1S/C24H15F3O3/c25-24(26,27)22(29)14-21(28)15-9-11-18(12-10-15)30-23-19-7-3-1-5-16(19)13-17-6-2-4-8-20(17)23/h1-13H,14H2. The first kappa shape index (κ1) is 19.6. The van der Waals surface area contributed by atoms with Gasteiger partial charge in [0.2, 0.25) is 5.78 Å². The maximum Gasteiger partial charge on any atom is 0.450 e. The van der Waals surface area contributed by atoms with Gasteiger partial charge < -0.3 is 4.74 Å². The van der Waals surface area contributed by atoms with Crippen molar-refractivity contribution < 1.29 is 27.5 Å². The Morgan fingerprint density at radius 1 is 0.767 bits per heavy atom. The predicted molar refractivity (Wildman–Crippen MR) is 108 cm³/mol. The molecule has 0 aliphatic heterocycles. The van der Waals surface area contributed by atoms with Gasteiger partial charge in [-0.3, -0.25) is 9.59 Å². The van der Waals surface area contributed by atoms with E-state index in [1.807, 2.05) is 48.5 Å². The SMILES string of the molecule is O=C(CC(=O)C(F)(F)F)c1ccc(Oc2c3ccccc3cc3ccccc23)cc1. The zero-order chi connectivity index (χ0) is 21.3. The number of hydrogen-bond acceptors (Lipinski definition) is 3. The molecule has 6 heteroatoms. The molecule has 0 amide bonds. The molecule has 4 rings (SSSR count). The second-order valence-electron chi connectivity index (χ2n) is 6.80. The Morgan fingerprint density at radius 3 is 1.83 bits per heavy atom. The Labute approximate surface area is 169 Å². The first-order valence-corrected chi connectivity index (χ1v) is 9.14. The average Bonchev–Trinajstić information content (AvgIpc) is 2.73. The normalized spacial score (nSPS) is 11.6. The summed E-state index contributed by atoms with van der Waals surface area (Å²) < 4.78 is 43.2. The first-order chi connectivity index (χ1) is 14.3.